The number of nitrogens with one attached hydrogen (secondary N) is 2. The minimum atomic E-state index is -0.0928. The molecule has 0 atom stereocenters. The highest BCUT2D eigenvalue weighted by Crippen LogP contribution is 2.24. The molecule has 0 aromatic heterocycles. The average molecular weight is 324 g/mol. The van der Waals surface area contributed by atoms with Crippen LogP contribution in [0.3, 0.4) is 0 Å². The number of amides is 2. The molecule has 5 heteroatoms. The number of ether oxygens (including phenoxy) is 1. The fourth-order valence-corrected chi connectivity index (χ4v) is 2.67. The number of benzene rings is 2. The van der Waals surface area contributed by atoms with Crippen LogP contribution in [0.15, 0.2) is 42.5 Å². The highest BCUT2D eigenvalue weighted by molar-refractivity contribution is 5.99. The van der Waals surface area contributed by atoms with Crippen LogP contribution in [0.1, 0.15) is 25.0 Å². The summed E-state index contributed by atoms with van der Waals surface area (Å²) >= 11 is 0. The molecular weight excluding hydrogens is 304 g/mol. The van der Waals surface area contributed by atoms with Crippen molar-refractivity contribution in [1.82, 2.24) is 0 Å². The van der Waals surface area contributed by atoms with Crippen LogP contribution in [-0.2, 0) is 22.4 Å². The Morgan fingerprint density at radius 2 is 1.96 bits per heavy atom. The molecule has 0 unspecified atom stereocenters. The molecule has 0 aliphatic carbocycles. The van der Waals surface area contributed by atoms with E-state index < -0.39 is 0 Å². The van der Waals surface area contributed by atoms with E-state index in [9.17, 15) is 9.59 Å². The van der Waals surface area contributed by atoms with Gasteiger partial charge in [0.05, 0.1) is 18.9 Å². The van der Waals surface area contributed by atoms with Crippen molar-refractivity contribution in [2.75, 3.05) is 10.6 Å². The summed E-state index contributed by atoms with van der Waals surface area (Å²) in [5.41, 5.74) is 3.40. The fourth-order valence-electron chi connectivity index (χ4n) is 2.67. The van der Waals surface area contributed by atoms with Gasteiger partial charge in [0.15, 0.2) is 0 Å². The van der Waals surface area contributed by atoms with Crippen LogP contribution in [0.2, 0.25) is 0 Å². The van der Waals surface area contributed by atoms with Crippen molar-refractivity contribution in [3.8, 4) is 5.75 Å². The topological polar surface area (TPSA) is 67.4 Å². The zero-order chi connectivity index (χ0) is 17.1. The Morgan fingerprint density at radius 1 is 1.21 bits per heavy atom. The van der Waals surface area contributed by atoms with Gasteiger partial charge in [0, 0.05) is 11.4 Å². The SMILES string of the molecule is CC(C)Oc1ccc(NC(=O)Cc2ccc3c(c2)CC(=O)N3)cc1. The third-order valence-corrected chi connectivity index (χ3v) is 3.67. The molecule has 3 rings (SSSR count). The number of hydrogen-bond acceptors (Lipinski definition) is 3. The summed E-state index contributed by atoms with van der Waals surface area (Å²) in [7, 11) is 0. The lowest BCUT2D eigenvalue weighted by molar-refractivity contribution is -0.116. The second-order valence-electron chi connectivity index (χ2n) is 6.13. The molecule has 24 heavy (non-hydrogen) atoms. The molecule has 0 spiro atoms. The van der Waals surface area contributed by atoms with Crippen molar-refractivity contribution in [1.29, 1.82) is 0 Å². The lowest BCUT2D eigenvalue weighted by Gasteiger charge is -2.11. The number of rotatable bonds is 5. The molecule has 124 valence electrons. The Kier molecular flexibility index (Phi) is 4.51. The van der Waals surface area contributed by atoms with E-state index in [2.05, 4.69) is 10.6 Å². The second-order valence-corrected chi connectivity index (χ2v) is 6.13. The molecule has 2 N–H and O–H groups in total. The van der Waals surface area contributed by atoms with Gasteiger partial charge >= 0.3 is 0 Å². The number of anilines is 2. The van der Waals surface area contributed by atoms with Crippen molar-refractivity contribution >= 4 is 23.2 Å². The average Bonchev–Trinajstić information content (AvgIpc) is 2.88. The maximum absolute atomic E-state index is 12.2. The molecular formula is C19H20N2O3. The van der Waals surface area contributed by atoms with Gasteiger partial charge in [0.1, 0.15) is 5.75 Å². The Labute approximate surface area is 141 Å². The van der Waals surface area contributed by atoms with Gasteiger partial charge in [-0.1, -0.05) is 12.1 Å². The van der Waals surface area contributed by atoms with Crippen LogP contribution in [0.25, 0.3) is 0 Å². The Hall–Kier alpha value is -2.82. The van der Waals surface area contributed by atoms with Gasteiger partial charge in [0.25, 0.3) is 0 Å². The van der Waals surface area contributed by atoms with Gasteiger partial charge in [-0.3, -0.25) is 9.59 Å². The molecule has 1 aliphatic rings. The van der Waals surface area contributed by atoms with Crippen LogP contribution < -0.4 is 15.4 Å². The van der Waals surface area contributed by atoms with Gasteiger partial charge in [-0.05, 0) is 55.3 Å². The lowest BCUT2D eigenvalue weighted by atomic mass is 10.1. The van der Waals surface area contributed by atoms with Crippen LogP contribution in [0, 0.1) is 0 Å². The standard InChI is InChI=1S/C19H20N2O3/c1-12(2)24-16-6-4-15(5-7-16)20-18(22)10-13-3-8-17-14(9-13)11-19(23)21-17/h3-9,12H,10-11H2,1-2H3,(H,20,22)(H,21,23). The van der Waals surface area contributed by atoms with Crippen molar-refractivity contribution < 1.29 is 14.3 Å². The lowest BCUT2D eigenvalue weighted by Crippen LogP contribution is -2.14. The fraction of sp³-hybridized carbons (Fsp3) is 0.263. The molecule has 0 saturated heterocycles. The summed E-state index contributed by atoms with van der Waals surface area (Å²) in [6.45, 7) is 3.94. The van der Waals surface area contributed by atoms with E-state index in [1.54, 1.807) is 0 Å². The molecule has 0 bridgehead atoms. The van der Waals surface area contributed by atoms with Crippen LogP contribution in [-0.4, -0.2) is 17.9 Å². The first kappa shape index (κ1) is 16.1. The van der Waals surface area contributed by atoms with Gasteiger partial charge in [0.2, 0.25) is 11.8 Å². The number of hydrogen-bond donors (Lipinski definition) is 2. The monoisotopic (exact) mass is 324 g/mol. The number of fused-ring (bicyclic) bond motifs is 1. The van der Waals surface area contributed by atoms with Gasteiger partial charge in [-0.2, -0.15) is 0 Å². The first-order valence-electron chi connectivity index (χ1n) is 7.98. The third-order valence-electron chi connectivity index (χ3n) is 3.67. The van der Waals surface area contributed by atoms with Crippen LogP contribution in [0.4, 0.5) is 11.4 Å². The summed E-state index contributed by atoms with van der Waals surface area (Å²) < 4.78 is 5.57. The highest BCUT2D eigenvalue weighted by atomic mass is 16.5. The van der Waals surface area contributed by atoms with Crippen LogP contribution >= 0.6 is 0 Å². The predicted octanol–water partition coefficient (Wildman–Crippen LogP) is 3.15. The quantitative estimate of drug-likeness (QED) is 0.888. The van der Waals surface area contributed by atoms with Crippen molar-refractivity contribution in [2.24, 2.45) is 0 Å². The molecule has 0 radical (unpaired) electrons. The summed E-state index contributed by atoms with van der Waals surface area (Å²) in [5, 5.41) is 5.66. The van der Waals surface area contributed by atoms with E-state index in [0.29, 0.717) is 6.42 Å². The minimum Gasteiger partial charge on any atom is -0.491 e. The first-order valence-corrected chi connectivity index (χ1v) is 7.98. The Balaban J connectivity index is 1.60. The van der Waals surface area contributed by atoms with E-state index in [1.807, 2.05) is 56.3 Å². The van der Waals surface area contributed by atoms with E-state index in [1.165, 1.54) is 0 Å². The molecule has 2 amide bonds. The molecule has 2 aromatic rings. The number of carbonyl (C=O) groups excluding carboxylic acids is 2. The maximum atomic E-state index is 12.2. The normalized spacial score (nSPS) is 12.7. The molecule has 1 aliphatic heterocycles. The van der Waals surface area contributed by atoms with E-state index in [4.69, 9.17) is 4.74 Å². The van der Waals surface area contributed by atoms with Crippen molar-refractivity contribution in [2.45, 2.75) is 32.8 Å². The van der Waals surface area contributed by atoms with E-state index in [-0.39, 0.29) is 24.3 Å². The molecule has 0 fully saturated rings. The molecule has 0 saturated carbocycles. The Bertz CT molecular complexity index is 767. The van der Waals surface area contributed by atoms with Crippen molar-refractivity contribution in [3.63, 3.8) is 0 Å². The zero-order valence-corrected chi connectivity index (χ0v) is 13.8. The maximum Gasteiger partial charge on any atom is 0.228 e. The van der Waals surface area contributed by atoms with Crippen LogP contribution in [0.5, 0.6) is 5.75 Å². The highest BCUT2D eigenvalue weighted by Gasteiger charge is 2.18. The zero-order valence-electron chi connectivity index (χ0n) is 13.8. The smallest absolute Gasteiger partial charge is 0.228 e. The second kappa shape index (κ2) is 6.74. The third kappa shape index (κ3) is 3.93. The number of carbonyl (C=O) groups is 2. The van der Waals surface area contributed by atoms with Gasteiger partial charge in [-0.25, -0.2) is 0 Å². The first-order chi connectivity index (χ1) is 11.5. The van der Waals surface area contributed by atoms with Crippen molar-refractivity contribution in [3.05, 3.63) is 53.6 Å². The van der Waals surface area contributed by atoms with E-state index in [0.717, 1.165) is 28.3 Å². The minimum absolute atomic E-state index is 0.00434. The summed E-state index contributed by atoms with van der Waals surface area (Å²) in [6.07, 6.45) is 0.764. The summed E-state index contributed by atoms with van der Waals surface area (Å²) in [5.74, 6) is 0.679. The predicted molar refractivity (Wildman–Crippen MR) is 93.3 cm³/mol. The van der Waals surface area contributed by atoms with Gasteiger partial charge in [-0.15, -0.1) is 0 Å². The molecule has 2 aromatic carbocycles. The van der Waals surface area contributed by atoms with Gasteiger partial charge < -0.3 is 15.4 Å². The summed E-state index contributed by atoms with van der Waals surface area (Å²) in [4.78, 5) is 23.6. The largest absolute Gasteiger partial charge is 0.491 e. The van der Waals surface area contributed by atoms with E-state index >= 15 is 0 Å². The molecule has 1 heterocycles. The Morgan fingerprint density at radius 3 is 2.67 bits per heavy atom. The summed E-state index contributed by atoms with van der Waals surface area (Å²) in [6, 6.07) is 12.9. The molecule has 5 nitrogen and oxygen atoms in total.